The van der Waals surface area contributed by atoms with E-state index >= 15 is 0 Å². The molecule has 0 unspecified atom stereocenters. The molecule has 0 bridgehead atoms. The van der Waals surface area contributed by atoms with Gasteiger partial charge in [0.05, 0.1) is 10.9 Å². The Labute approximate surface area is 127 Å². The van der Waals surface area contributed by atoms with Crippen molar-refractivity contribution in [3.8, 4) is 11.4 Å². The summed E-state index contributed by atoms with van der Waals surface area (Å²) in [4.78, 5) is 0. The molecule has 0 saturated carbocycles. The highest BCUT2D eigenvalue weighted by Gasteiger charge is 2.24. The summed E-state index contributed by atoms with van der Waals surface area (Å²) >= 11 is 18.1. The maximum absolute atomic E-state index is 6.24. The minimum Gasteiger partial charge on any atom is -0.305 e. The van der Waals surface area contributed by atoms with Crippen LogP contribution in [0.1, 0.15) is 26.6 Å². The van der Waals surface area contributed by atoms with Crippen LogP contribution >= 0.6 is 34.8 Å². The zero-order valence-electron chi connectivity index (χ0n) is 10.9. The van der Waals surface area contributed by atoms with Crippen molar-refractivity contribution < 1.29 is 0 Å². The van der Waals surface area contributed by atoms with Gasteiger partial charge in [0, 0.05) is 16.1 Å². The average molecular weight is 319 g/mol. The molecule has 1 aromatic heterocycles. The molecule has 0 aliphatic carbocycles. The molecule has 0 spiro atoms. The number of alkyl halides is 1. The molecule has 0 atom stereocenters. The summed E-state index contributed by atoms with van der Waals surface area (Å²) in [6, 6.07) is 5.32. The number of nitrogens with zero attached hydrogens (tertiary/aromatic N) is 3. The number of hydrogen-bond acceptors (Lipinski definition) is 2. The fraction of sp³-hybridized carbons (Fsp3) is 0.385. The summed E-state index contributed by atoms with van der Waals surface area (Å²) < 4.78 is 2.00. The van der Waals surface area contributed by atoms with E-state index in [2.05, 4.69) is 31.0 Å². The maximum atomic E-state index is 6.24. The summed E-state index contributed by atoms with van der Waals surface area (Å²) in [6.45, 7) is 6.21. The van der Waals surface area contributed by atoms with Gasteiger partial charge in [0.25, 0.3) is 0 Å². The molecule has 19 heavy (non-hydrogen) atoms. The van der Waals surface area contributed by atoms with Crippen LogP contribution in [0, 0.1) is 0 Å². The second-order valence-corrected chi connectivity index (χ2v) is 6.31. The van der Waals surface area contributed by atoms with E-state index in [1.165, 1.54) is 0 Å². The largest absolute Gasteiger partial charge is 0.305 e. The second kappa shape index (κ2) is 5.31. The molecular formula is C13H14Cl3N3. The molecule has 102 valence electrons. The van der Waals surface area contributed by atoms with Crippen LogP contribution in [0.5, 0.6) is 0 Å². The van der Waals surface area contributed by atoms with Crippen LogP contribution in [0.2, 0.25) is 10.0 Å². The summed E-state index contributed by atoms with van der Waals surface area (Å²) in [5.41, 5.74) is 0.608. The Kier molecular flexibility index (Phi) is 4.09. The second-order valence-electron chi connectivity index (χ2n) is 5.20. The Bertz CT molecular complexity index is 600. The summed E-state index contributed by atoms with van der Waals surface area (Å²) in [5.74, 6) is 1.72. The van der Waals surface area contributed by atoms with E-state index in [1.807, 2.05) is 10.6 Å². The smallest absolute Gasteiger partial charge is 0.166 e. The highest BCUT2D eigenvalue weighted by atomic mass is 35.5. The molecule has 0 aliphatic heterocycles. The van der Waals surface area contributed by atoms with Gasteiger partial charge in [-0.1, -0.05) is 23.2 Å². The van der Waals surface area contributed by atoms with Gasteiger partial charge in [0.2, 0.25) is 0 Å². The topological polar surface area (TPSA) is 30.7 Å². The molecule has 0 N–H and O–H groups in total. The van der Waals surface area contributed by atoms with Crippen LogP contribution < -0.4 is 0 Å². The van der Waals surface area contributed by atoms with Crippen molar-refractivity contribution in [1.82, 2.24) is 14.8 Å². The third kappa shape index (κ3) is 2.88. The Morgan fingerprint density at radius 1 is 1.16 bits per heavy atom. The lowest BCUT2D eigenvalue weighted by atomic mass is 10.1. The van der Waals surface area contributed by atoms with Crippen molar-refractivity contribution in [2.24, 2.45) is 0 Å². The number of benzene rings is 1. The Hall–Kier alpha value is -0.770. The van der Waals surface area contributed by atoms with Gasteiger partial charge in [-0.15, -0.1) is 21.8 Å². The van der Waals surface area contributed by atoms with Crippen molar-refractivity contribution in [3.63, 3.8) is 0 Å². The van der Waals surface area contributed by atoms with Gasteiger partial charge in [-0.25, -0.2) is 0 Å². The number of rotatable bonds is 2. The molecule has 6 heteroatoms. The van der Waals surface area contributed by atoms with E-state index < -0.39 is 0 Å². The molecule has 3 nitrogen and oxygen atoms in total. The minimum absolute atomic E-state index is 0.188. The lowest BCUT2D eigenvalue weighted by Gasteiger charge is -2.24. The van der Waals surface area contributed by atoms with Crippen molar-refractivity contribution in [2.45, 2.75) is 32.2 Å². The molecule has 0 aliphatic rings. The third-order valence-corrected chi connectivity index (χ3v) is 3.48. The van der Waals surface area contributed by atoms with Crippen molar-refractivity contribution in [2.75, 3.05) is 0 Å². The first-order valence-corrected chi connectivity index (χ1v) is 7.10. The minimum atomic E-state index is -0.188. The molecule has 0 saturated heterocycles. The van der Waals surface area contributed by atoms with Gasteiger partial charge in [-0.2, -0.15) is 0 Å². The van der Waals surface area contributed by atoms with Gasteiger partial charge in [0.15, 0.2) is 5.82 Å². The van der Waals surface area contributed by atoms with Gasteiger partial charge in [0.1, 0.15) is 5.82 Å². The van der Waals surface area contributed by atoms with Gasteiger partial charge >= 0.3 is 0 Å². The van der Waals surface area contributed by atoms with Crippen LogP contribution in [-0.4, -0.2) is 14.8 Å². The quantitative estimate of drug-likeness (QED) is 0.748. The first-order chi connectivity index (χ1) is 8.84. The Morgan fingerprint density at radius 3 is 2.37 bits per heavy atom. The SMILES string of the molecule is CC(C)(C)n1c(CCl)nnc1-c1ccc(Cl)cc1Cl. The lowest BCUT2D eigenvalue weighted by molar-refractivity contribution is 0.390. The number of hydrogen-bond donors (Lipinski definition) is 0. The lowest BCUT2D eigenvalue weighted by Crippen LogP contribution is -2.24. The number of halogens is 3. The molecular weight excluding hydrogens is 305 g/mol. The first kappa shape index (κ1) is 14.6. The normalized spacial score (nSPS) is 11.9. The van der Waals surface area contributed by atoms with Crippen LogP contribution in [-0.2, 0) is 11.4 Å². The molecule has 0 amide bonds. The standard InChI is InChI=1S/C13H14Cl3N3/c1-13(2,3)19-11(7-14)17-18-12(19)9-5-4-8(15)6-10(9)16/h4-6H,7H2,1-3H3. The van der Waals surface area contributed by atoms with Crippen LogP contribution in [0.25, 0.3) is 11.4 Å². The van der Waals surface area contributed by atoms with Crippen molar-refractivity contribution in [1.29, 1.82) is 0 Å². The van der Waals surface area contributed by atoms with Gasteiger partial charge in [-0.3, -0.25) is 0 Å². The summed E-state index contributed by atoms with van der Waals surface area (Å²) in [6.07, 6.45) is 0. The van der Waals surface area contributed by atoms with Crippen LogP contribution in [0.15, 0.2) is 18.2 Å². The summed E-state index contributed by atoms with van der Waals surface area (Å²) in [7, 11) is 0. The molecule has 0 fully saturated rings. The molecule has 2 aromatic rings. The monoisotopic (exact) mass is 317 g/mol. The third-order valence-electron chi connectivity index (χ3n) is 2.69. The fourth-order valence-electron chi connectivity index (χ4n) is 1.95. The zero-order chi connectivity index (χ0) is 14.2. The maximum Gasteiger partial charge on any atom is 0.166 e. The number of aromatic nitrogens is 3. The van der Waals surface area contributed by atoms with E-state index in [1.54, 1.807) is 12.1 Å². The predicted octanol–water partition coefficient (Wildman–Crippen LogP) is 4.75. The predicted molar refractivity (Wildman–Crippen MR) is 80.0 cm³/mol. The summed E-state index contributed by atoms with van der Waals surface area (Å²) in [5, 5.41) is 9.48. The van der Waals surface area contributed by atoms with Gasteiger partial charge < -0.3 is 4.57 Å². The van der Waals surface area contributed by atoms with E-state index in [4.69, 9.17) is 34.8 Å². The van der Waals surface area contributed by atoms with E-state index in [9.17, 15) is 0 Å². The van der Waals surface area contributed by atoms with E-state index in [0.29, 0.717) is 21.7 Å². The van der Waals surface area contributed by atoms with Crippen molar-refractivity contribution in [3.05, 3.63) is 34.1 Å². The van der Waals surface area contributed by atoms with Crippen molar-refractivity contribution >= 4 is 34.8 Å². The van der Waals surface area contributed by atoms with Crippen LogP contribution in [0.3, 0.4) is 0 Å². The highest BCUT2D eigenvalue weighted by molar-refractivity contribution is 6.36. The van der Waals surface area contributed by atoms with Crippen LogP contribution in [0.4, 0.5) is 0 Å². The Balaban J connectivity index is 2.66. The molecule has 2 rings (SSSR count). The fourth-order valence-corrected chi connectivity index (χ4v) is 2.62. The van der Waals surface area contributed by atoms with Gasteiger partial charge in [-0.05, 0) is 39.0 Å². The highest BCUT2D eigenvalue weighted by Crippen LogP contribution is 2.32. The van der Waals surface area contributed by atoms with E-state index in [0.717, 1.165) is 11.4 Å². The Morgan fingerprint density at radius 2 is 1.84 bits per heavy atom. The molecule has 1 heterocycles. The zero-order valence-corrected chi connectivity index (χ0v) is 13.2. The van der Waals surface area contributed by atoms with E-state index in [-0.39, 0.29) is 5.54 Å². The average Bonchev–Trinajstić information content (AvgIpc) is 2.72. The molecule has 1 aromatic carbocycles. The first-order valence-electron chi connectivity index (χ1n) is 5.80. The molecule has 0 radical (unpaired) electrons.